The van der Waals surface area contributed by atoms with Gasteiger partial charge in [0, 0.05) is 19.1 Å². The van der Waals surface area contributed by atoms with Crippen LogP contribution in [0, 0.1) is 6.92 Å². The SMILES string of the molecule is COc1ccc(CN(C)CC(N)CC(=O)O)cc1C. The van der Waals surface area contributed by atoms with Gasteiger partial charge in [-0.2, -0.15) is 0 Å². The second-order valence-corrected chi connectivity index (χ2v) is 4.86. The number of carboxylic acids is 1. The van der Waals surface area contributed by atoms with Crippen LogP contribution in [0.25, 0.3) is 0 Å². The topological polar surface area (TPSA) is 75.8 Å². The third kappa shape index (κ3) is 5.28. The lowest BCUT2D eigenvalue weighted by molar-refractivity contribution is -0.137. The van der Waals surface area contributed by atoms with E-state index >= 15 is 0 Å². The molecule has 106 valence electrons. The van der Waals surface area contributed by atoms with E-state index < -0.39 is 5.97 Å². The zero-order valence-corrected chi connectivity index (χ0v) is 11.7. The van der Waals surface area contributed by atoms with Gasteiger partial charge in [0.1, 0.15) is 5.75 Å². The number of rotatable bonds is 7. The summed E-state index contributed by atoms with van der Waals surface area (Å²) in [5.41, 5.74) is 8.00. The van der Waals surface area contributed by atoms with E-state index in [9.17, 15) is 4.79 Å². The molecule has 0 heterocycles. The summed E-state index contributed by atoms with van der Waals surface area (Å²) in [5.74, 6) is 0.00942. The minimum absolute atomic E-state index is 0.00796. The molecule has 5 nitrogen and oxygen atoms in total. The largest absolute Gasteiger partial charge is 0.496 e. The van der Waals surface area contributed by atoms with Gasteiger partial charge in [-0.25, -0.2) is 0 Å². The Kier molecular flexibility index (Phi) is 5.79. The molecule has 3 N–H and O–H groups in total. The molecule has 1 aromatic rings. The summed E-state index contributed by atoms with van der Waals surface area (Å²) in [4.78, 5) is 12.6. The Morgan fingerprint density at radius 3 is 2.74 bits per heavy atom. The maximum absolute atomic E-state index is 10.6. The minimum Gasteiger partial charge on any atom is -0.496 e. The summed E-state index contributed by atoms with van der Waals surface area (Å²) >= 11 is 0. The van der Waals surface area contributed by atoms with Crippen LogP contribution in [0.2, 0.25) is 0 Å². The van der Waals surface area contributed by atoms with Gasteiger partial charge in [-0.05, 0) is 31.2 Å². The van der Waals surface area contributed by atoms with E-state index in [1.54, 1.807) is 7.11 Å². The van der Waals surface area contributed by atoms with Gasteiger partial charge < -0.3 is 20.5 Å². The number of likely N-dealkylation sites (N-methyl/N-ethyl adjacent to an activating group) is 1. The normalized spacial score (nSPS) is 12.5. The van der Waals surface area contributed by atoms with E-state index in [0.29, 0.717) is 6.54 Å². The van der Waals surface area contributed by atoms with Crippen molar-refractivity contribution in [2.45, 2.75) is 25.9 Å². The predicted molar refractivity (Wildman–Crippen MR) is 74.3 cm³/mol. The fourth-order valence-corrected chi connectivity index (χ4v) is 2.10. The van der Waals surface area contributed by atoms with Crippen LogP contribution < -0.4 is 10.5 Å². The quantitative estimate of drug-likeness (QED) is 0.776. The van der Waals surface area contributed by atoms with Crippen molar-refractivity contribution in [2.75, 3.05) is 20.7 Å². The first-order valence-electron chi connectivity index (χ1n) is 6.21. The molecule has 0 fully saturated rings. The highest BCUT2D eigenvalue weighted by atomic mass is 16.5. The number of hydrogen-bond donors (Lipinski definition) is 2. The molecular weight excluding hydrogens is 244 g/mol. The van der Waals surface area contributed by atoms with Crippen molar-refractivity contribution < 1.29 is 14.6 Å². The third-order valence-corrected chi connectivity index (χ3v) is 2.89. The molecule has 19 heavy (non-hydrogen) atoms. The molecule has 1 aromatic carbocycles. The number of hydrogen-bond acceptors (Lipinski definition) is 4. The second-order valence-electron chi connectivity index (χ2n) is 4.86. The average Bonchev–Trinajstić information content (AvgIpc) is 2.27. The smallest absolute Gasteiger partial charge is 0.304 e. The molecule has 5 heteroatoms. The summed E-state index contributed by atoms with van der Waals surface area (Å²) < 4.78 is 5.21. The van der Waals surface area contributed by atoms with Crippen LogP contribution in [-0.2, 0) is 11.3 Å². The van der Waals surface area contributed by atoms with Gasteiger partial charge in [-0.15, -0.1) is 0 Å². The molecule has 0 amide bonds. The van der Waals surface area contributed by atoms with Crippen LogP contribution in [0.4, 0.5) is 0 Å². The molecule has 0 aliphatic carbocycles. The minimum atomic E-state index is -0.860. The van der Waals surface area contributed by atoms with Crippen LogP contribution in [0.15, 0.2) is 18.2 Å². The van der Waals surface area contributed by atoms with Crippen LogP contribution >= 0.6 is 0 Å². The highest BCUT2D eigenvalue weighted by Gasteiger charge is 2.11. The Balaban J connectivity index is 2.54. The molecule has 0 spiro atoms. The van der Waals surface area contributed by atoms with Gasteiger partial charge in [0.25, 0.3) is 0 Å². The molecule has 0 aliphatic heterocycles. The molecule has 0 aliphatic rings. The van der Waals surface area contributed by atoms with E-state index in [1.807, 2.05) is 31.0 Å². The van der Waals surface area contributed by atoms with Crippen LogP contribution in [0.1, 0.15) is 17.5 Å². The van der Waals surface area contributed by atoms with Crippen molar-refractivity contribution in [1.82, 2.24) is 4.90 Å². The summed E-state index contributed by atoms with van der Waals surface area (Å²) in [6.07, 6.45) is -0.00796. The molecule has 0 bridgehead atoms. The molecule has 0 radical (unpaired) electrons. The monoisotopic (exact) mass is 266 g/mol. The summed E-state index contributed by atoms with van der Waals surface area (Å²) in [6, 6.07) is 5.67. The van der Waals surface area contributed by atoms with Crippen LogP contribution in [0.3, 0.4) is 0 Å². The number of nitrogens with zero attached hydrogens (tertiary/aromatic N) is 1. The Morgan fingerprint density at radius 2 is 2.21 bits per heavy atom. The number of aryl methyl sites for hydroxylation is 1. The maximum atomic E-state index is 10.6. The third-order valence-electron chi connectivity index (χ3n) is 2.89. The predicted octanol–water partition coefficient (Wildman–Crippen LogP) is 1.24. The van der Waals surface area contributed by atoms with Crippen LogP contribution in [-0.4, -0.2) is 42.7 Å². The Labute approximate surface area is 114 Å². The molecular formula is C14H22N2O3. The zero-order valence-electron chi connectivity index (χ0n) is 11.7. The number of carbonyl (C=O) groups is 1. The van der Waals surface area contributed by atoms with Crippen molar-refractivity contribution in [1.29, 1.82) is 0 Å². The fourth-order valence-electron chi connectivity index (χ4n) is 2.10. The molecule has 0 saturated heterocycles. The first-order valence-corrected chi connectivity index (χ1v) is 6.21. The summed E-state index contributed by atoms with van der Waals surface area (Å²) in [7, 11) is 3.58. The van der Waals surface area contributed by atoms with E-state index in [0.717, 1.165) is 23.4 Å². The zero-order chi connectivity index (χ0) is 14.4. The Bertz CT molecular complexity index is 435. The van der Waals surface area contributed by atoms with Gasteiger partial charge in [0.2, 0.25) is 0 Å². The lowest BCUT2D eigenvalue weighted by Gasteiger charge is -2.20. The van der Waals surface area contributed by atoms with E-state index in [4.69, 9.17) is 15.6 Å². The first-order chi connectivity index (χ1) is 8.92. The number of benzene rings is 1. The lowest BCUT2D eigenvalue weighted by Crippen LogP contribution is -2.36. The van der Waals surface area contributed by atoms with Crippen molar-refractivity contribution >= 4 is 5.97 Å². The maximum Gasteiger partial charge on any atom is 0.304 e. The number of methoxy groups -OCH3 is 1. The van der Waals surface area contributed by atoms with Crippen molar-refractivity contribution in [3.05, 3.63) is 29.3 Å². The fraction of sp³-hybridized carbons (Fsp3) is 0.500. The van der Waals surface area contributed by atoms with E-state index in [2.05, 4.69) is 6.07 Å². The second kappa shape index (κ2) is 7.11. The molecule has 1 atom stereocenters. The standard InChI is InChI=1S/C14H22N2O3/c1-10-6-11(4-5-13(10)19-3)8-16(2)9-12(15)7-14(17)18/h4-6,12H,7-9,15H2,1-3H3,(H,17,18). The van der Waals surface area contributed by atoms with Crippen molar-refractivity contribution in [2.24, 2.45) is 5.73 Å². The molecule has 1 rings (SSSR count). The number of carboxylic acid groups (broad SMARTS) is 1. The van der Waals surface area contributed by atoms with Gasteiger partial charge in [0.15, 0.2) is 0 Å². The highest BCUT2D eigenvalue weighted by Crippen LogP contribution is 2.19. The lowest BCUT2D eigenvalue weighted by atomic mass is 10.1. The van der Waals surface area contributed by atoms with E-state index in [-0.39, 0.29) is 12.5 Å². The summed E-state index contributed by atoms with van der Waals surface area (Å²) in [6.45, 7) is 3.29. The van der Waals surface area contributed by atoms with Gasteiger partial charge in [0.05, 0.1) is 13.5 Å². The van der Waals surface area contributed by atoms with Crippen molar-refractivity contribution in [3.8, 4) is 5.75 Å². The van der Waals surface area contributed by atoms with Crippen LogP contribution in [0.5, 0.6) is 5.75 Å². The van der Waals surface area contributed by atoms with Gasteiger partial charge in [-0.3, -0.25) is 4.79 Å². The number of nitrogens with two attached hydrogens (primary N) is 1. The van der Waals surface area contributed by atoms with Gasteiger partial charge >= 0.3 is 5.97 Å². The number of ether oxygens (including phenoxy) is 1. The van der Waals surface area contributed by atoms with Crippen molar-refractivity contribution in [3.63, 3.8) is 0 Å². The first kappa shape index (κ1) is 15.5. The molecule has 0 saturated carbocycles. The highest BCUT2D eigenvalue weighted by molar-refractivity contribution is 5.67. The van der Waals surface area contributed by atoms with Gasteiger partial charge in [-0.1, -0.05) is 12.1 Å². The summed E-state index contributed by atoms with van der Waals surface area (Å²) in [5, 5.41) is 8.67. The van der Waals surface area contributed by atoms with E-state index in [1.165, 1.54) is 0 Å². The molecule has 1 unspecified atom stereocenters. The Morgan fingerprint density at radius 1 is 1.53 bits per heavy atom. The number of aliphatic carboxylic acids is 1. The molecule has 0 aromatic heterocycles. The average molecular weight is 266 g/mol. The Hall–Kier alpha value is -1.59.